The van der Waals surface area contributed by atoms with Crippen molar-refractivity contribution in [2.75, 3.05) is 25.5 Å². The lowest BCUT2D eigenvalue weighted by molar-refractivity contribution is -0.173. The Balaban J connectivity index is 1.54. The summed E-state index contributed by atoms with van der Waals surface area (Å²) >= 11 is 0. The molecule has 0 heterocycles. The van der Waals surface area contributed by atoms with Crippen molar-refractivity contribution in [2.45, 2.75) is 26.6 Å². The van der Waals surface area contributed by atoms with Crippen LogP contribution in [0.2, 0.25) is 0 Å². The molecule has 0 unspecified atom stereocenters. The highest BCUT2D eigenvalue weighted by Crippen LogP contribution is 2.28. The largest absolute Gasteiger partial charge is 0.490 e. The van der Waals surface area contributed by atoms with E-state index in [4.69, 9.17) is 9.47 Å². The van der Waals surface area contributed by atoms with E-state index >= 15 is 0 Å². The maximum atomic E-state index is 12.6. The van der Waals surface area contributed by atoms with Gasteiger partial charge in [0.15, 0.2) is 0 Å². The lowest BCUT2D eigenvalue weighted by atomic mass is 10.1. The summed E-state index contributed by atoms with van der Waals surface area (Å²) in [6.45, 7) is 3.26. The minimum Gasteiger partial charge on any atom is -0.490 e. The van der Waals surface area contributed by atoms with E-state index in [0.717, 1.165) is 16.7 Å². The number of rotatable bonds is 10. The second-order valence-electron chi connectivity index (χ2n) is 8.70. The molecule has 0 saturated heterocycles. The molecule has 212 valence electrons. The smallest absolute Gasteiger partial charge is 0.471 e. The number of nitrogens with one attached hydrogen (secondary N) is 4. The van der Waals surface area contributed by atoms with Gasteiger partial charge in [0.25, 0.3) is 5.91 Å². The van der Waals surface area contributed by atoms with Crippen molar-refractivity contribution in [3.63, 3.8) is 0 Å². The maximum absolute atomic E-state index is 12.6. The van der Waals surface area contributed by atoms with Crippen LogP contribution in [-0.2, 0) is 11.3 Å². The Morgan fingerprint density at radius 2 is 1.57 bits per heavy atom. The minimum atomic E-state index is -4.97. The van der Waals surface area contributed by atoms with Crippen molar-refractivity contribution in [3.05, 3.63) is 82.9 Å². The van der Waals surface area contributed by atoms with Crippen LogP contribution in [0.3, 0.4) is 0 Å². The van der Waals surface area contributed by atoms with Crippen LogP contribution < -0.4 is 30.7 Å². The van der Waals surface area contributed by atoms with Crippen LogP contribution in [0.4, 0.5) is 23.7 Å². The molecule has 4 N–H and O–H groups in total. The Hall–Kier alpha value is -4.74. The Morgan fingerprint density at radius 3 is 2.25 bits per heavy atom. The van der Waals surface area contributed by atoms with Crippen molar-refractivity contribution >= 4 is 23.5 Å². The van der Waals surface area contributed by atoms with Crippen LogP contribution in [0, 0.1) is 13.8 Å². The number of carbonyl (C=O) groups excluding carboxylic acids is 3. The van der Waals surface area contributed by atoms with Crippen LogP contribution in [0.25, 0.3) is 0 Å². The number of alkyl halides is 3. The van der Waals surface area contributed by atoms with Gasteiger partial charge in [0.2, 0.25) is 0 Å². The van der Waals surface area contributed by atoms with Gasteiger partial charge in [-0.05, 0) is 73.0 Å². The van der Waals surface area contributed by atoms with E-state index in [1.807, 2.05) is 13.8 Å². The third kappa shape index (κ3) is 8.65. The number of amides is 4. The molecule has 4 amide bonds. The second-order valence-corrected chi connectivity index (χ2v) is 8.70. The van der Waals surface area contributed by atoms with Crippen LogP contribution in [0.15, 0.2) is 60.7 Å². The first-order chi connectivity index (χ1) is 19.0. The topological polar surface area (TPSA) is 118 Å². The van der Waals surface area contributed by atoms with Crippen molar-refractivity contribution < 1.29 is 37.0 Å². The van der Waals surface area contributed by atoms with E-state index in [0.29, 0.717) is 22.7 Å². The van der Waals surface area contributed by atoms with Gasteiger partial charge in [-0.15, -0.1) is 0 Å². The van der Waals surface area contributed by atoms with Gasteiger partial charge >= 0.3 is 18.1 Å². The van der Waals surface area contributed by atoms with Crippen LogP contribution in [0.1, 0.15) is 27.0 Å². The summed E-state index contributed by atoms with van der Waals surface area (Å²) < 4.78 is 48.3. The molecule has 0 radical (unpaired) electrons. The average Bonchev–Trinajstić information content (AvgIpc) is 2.92. The standard InChI is InChI=1S/C28H29F3N4O5/c1-17-13-23(24(14-18(17)2)39-12-11-33-26(37)28(29,30)31)35-27(38)34-16-19-7-9-21(10-8-19)40-22-6-4-5-20(15-22)25(36)32-3/h4-10,13-15H,11-12,16H2,1-3H3,(H,32,36)(H,33,37)(H2,34,35,38). The quantitative estimate of drug-likeness (QED) is 0.266. The molecule has 0 atom stereocenters. The number of anilines is 1. The summed E-state index contributed by atoms with van der Waals surface area (Å²) in [5.41, 5.74) is 3.30. The predicted octanol–water partition coefficient (Wildman–Crippen LogP) is 4.83. The lowest BCUT2D eigenvalue weighted by Crippen LogP contribution is -2.38. The highest BCUT2D eigenvalue weighted by molar-refractivity contribution is 5.94. The number of aryl methyl sites for hydroxylation is 2. The molecule has 0 aliphatic carbocycles. The van der Waals surface area contributed by atoms with Crippen LogP contribution >= 0.6 is 0 Å². The van der Waals surface area contributed by atoms with Crippen molar-refractivity contribution in [3.8, 4) is 17.2 Å². The molecule has 0 saturated carbocycles. The van der Waals surface area contributed by atoms with Crippen molar-refractivity contribution in [2.24, 2.45) is 0 Å². The van der Waals surface area contributed by atoms with E-state index < -0.39 is 18.1 Å². The Morgan fingerprint density at radius 1 is 0.875 bits per heavy atom. The van der Waals surface area contributed by atoms with E-state index in [9.17, 15) is 27.6 Å². The number of hydrogen-bond donors (Lipinski definition) is 4. The number of benzene rings is 3. The van der Waals surface area contributed by atoms with E-state index in [1.165, 1.54) is 0 Å². The lowest BCUT2D eigenvalue weighted by Gasteiger charge is -2.16. The number of carbonyl (C=O) groups is 3. The van der Waals surface area contributed by atoms with Crippen LogP contribution in [-0.4, -0.2) is 44.2 Å². The molecule has 3 rings (SSSR count). The van der Waals surface area contributed by atoms with Gasteiger partial charge in [-0.3, -0.25) is 9.59 Å². The third-order valence-electron chi connectivity index (χ3n) is 5.68. The normalized spacial score (nSPS) is 10.8. The fourth-order valence-corrected chi connectivity index (χ4v) is 3.44. The van der Waals surface area contributed by atoms with Gasteiger partial charge in [0.1, 0.15) is 23.9 Å². The van der Waals surface area contributed by atoms with Gasteiger partial charge in [0.05, 0.1) is 12.2 Å². The Bertz CT molecular complexity index is 1360. The highest BCUT2D eigenvalue weighted by Gasteiger charge is 2.38. The minimum absolute atomic E-state index is 0.197. The van der Waals surface area contributed by atoms with Gasteiger partial charge in [-0.2, -0.15) is 13.2 Å². The molecule has 40 heavy (non-hydrogen) atoms. The van der Waals surface area contributed by atoms with Gasteiger partial charge in [0, 0.05) is 19.2 Å². The van der Waals surface area contributed by atoms with Gasteiger partial charge in [-0.25, -0.2) is 4.79 Å². The predicted molar refractivity (Wildman–Crippen MR) is 143 cm³/mol. The first-order valence-corrected chi connectivity index (χ1v) is 12.2. The monoisotopic (exact) mass is 558 g/mol. The Kier molecular flexibility index (Phi) is 9.96. The zero-order valence-electron chi connectivity index (χ0n) is 22.1. The van der Waals surface area contributed by atoms with Crippen LogP contribution in [0.5, 0.6) is 17.2 Å². The first kappa shape index (κ1) is 29.8. The number of hydrogen-bond acceptors (Lipinski definition) is 5. The molecule has 0 spiro atoms. The van der Waals surface area contributed by atoms with Crippen molar-refractivity contribution in [1.29, 1.82) is 0 Å². The molecule has 0 bridgehead atoms. The van der Waals surface area contributed by atoms with Gasteiger partial charge in [-0.1, -0.05) is 18.2 Å². The number of halogens is 3. The third-order valence-corrected chi connectivity index (χ3v) is 5.68. The molecule has 0 aliphatic rings. The summed E-state index contributed by atoms with van der Waals surface area (Å²) in [5.74, 6) is -0.976. The molecule has 12 heteroatoms. The fourth-order valence-electron chi connectivity index (χ4n) is 3.44. The summed E-state index contributed by atoms with van der Waals surface area (Å²) in [6.07, 6.45) is -4.97. The molecular formula is C28H29F3N4O5. The van der Waals surface area contributed by atoms with E-state index in [-0.39, 0.29) is 31.4 Å². The number of ether oxygens (including phenoxy) is 2. The SMILES string of the molecule is CNC(=O)c1cccc(Oc2ccc(CNC(=O)Nc3cc(C)c(C)cc3OCCNC(=O)C(F)(F)F)cc2)c1. The Labute approximate surface area is 229 Å². The molecule has 0 aromatic heterocycles. The first-order valence-electron chi connectivity index (χ1n) is 12.2. The molecule has 0 aliphatic heterocycles. The fraction of sp³-hybridized carbons (Fsp3) is 0.250. The summed E-state index contributed by atoms with van der Waals surface area (Å²) in [6, 6.07) is 16.6. The molecule has 3 aromatic rings. The van der Waals surface area contributed by atoms with E-state index in [1.54, 1.807) is 73.0 Å². The average molecular weight is 559 g/mol. The number of urea groups is 1. The zero-order chi connectivity index (χ0) is 29.3. The maximum Gasteiger partial charge on any atom is 0.471 e. The highest BCUT2D eigenvalue weighted by atomic mass is 19.4. The second kappa shape index (κ2) is 13.4. The summed E-state index contributed by atoms with van der Waals surface area (Å²) in [4.78, 5) is 35.3. The molecule has 3 aromatic carbocycles. The molecular weight excluding hydrogens is 529 g/mol. The summed E-state index contributed by atoms with van der Waals surface area (Å²) in [5, 5.41) is 9.70. The van der Waals surface area contributed by atoms with Crippen molar-refractivity contribution in [1.82, 2.24) is 16.0 Å². The van der Waals surface area contributed by atoms with E-state index in [2.05, 4.69) is 16.0 Å². The van der Waals surface area contributed by atoms with Gasteiger partial charge < -0.3 is 30.7 Å². The summed E-state index contributed by atoms with van der Waals surface area (Å²) in [7, 11) is 1.55. The molecule has 0 fully saturated rings. The molecule has 9 nitrogen and oxygen atoms in total. The zero-order valence-corrected chi connectivity index (χ0v) is 22.1.